The summed E-state index contributed by atoms with van der Waals surface area (Å²) in [6.07, 6.45) is 3.25. The number of benzene rings is 1. The molecule has 0 spiro atoms. The fraction of sp³-hybridized carbons (Fsp3) is 0.571. The molecular weight excluding hydrogens is 237 g/mol. The van der Waals surface area contributed by atoms with Crippen molar-refractivity contribution in [3.05, 3.63) is 34.6 Å². The number of nitrogens with one attached hydrogen (secondary N) is 1. The van der Waals surface area contributed by atoms with E-state index in [1.165, 1.54) is 12.5 Å². The Morgan fingerprint density at radius 3 is 2.76 bits per heavy atom. The number of hydrogen-bond donors (Lipinski definition) is 1. The zero-order valence-corrected chi connectivity index (χ0v) is 11.4. The topological polar surface area (TPSA) is 12.0 Å². The van der Waals surface area contributed by atoms with E-state index < -0.39 is 0 Å². The molecule has 3 heteroatoms. The summed E-state index contributed by atoms with van der Waals surface area (Å²) in [5, 5.41) is 3.61. The van der Waals surface area contributed by atoms with E-state index in [-0.39, 0.29) is 10.8 Å². The first-order valence-corrected chi connectivity index (χ1v) is 6.66. The van der Waals surface area contributed by atoms with Gasteiger partial charge in [0, 0.05) is 0 Å². The highest BCUT2D eigenvalue weighted by atomic mass is 35.5. The minimum atomic E-state index is -0.340. The quantitative estimate of drug-likeness (QED) is 0.727. The van der Waals surface area contributed by atoms with Gasteiger partial charge in [-0.3, -0.25) is 0 Å². The highest BCUT2D eigenvalue weighted by Gasteiger charge is 2.06. The van der Waals surface area contributed by atoms with Crippen LogP contribution in [-0.2, 0) is 6.42 Å². The van der Waals surface area contributed by atoms with Crippen molar-refractivity contribution in [1.82, 2.24) is 5.32 Å². The second kappa shape index (κ2) is 7.67. The predicted octanol–water partition coefficient (Wildman–Crippen LogP) is 4.05. The van der Waals surface area contributed by atoms with Crippen molar-refractivity contribution >= 4 is 11.6 Å². The lowest BCUT2D eigenvalue weighted by atomic mass is 9.98. The normalized spacial score (nSPS) is 12.7. The van der Waals surface area contributed by atoms with Crippen molar-refractivity contribution < 1.29 is 4.39 Å². The molecule has 0 aliphatic carbocycles. The summed E-state index contributed by atoms with van der Waals surface area (Å²) >= 11 is 5.76. The minimum Gasteiger partial charge on any atom is -0.317 e. The molecule has 1 aromatic carbocycles. The smallest absolute Gasteiger partial charge is 0.141 e. The third kappa shape index (κ3) is 5.51. The summed E-state index contributed by atoms with van der Waals surface area (Å²) in [5.74, 6) is 0.244. The van der Waals surface area contributed by atoms with Crippen LogP contribution in [0.4, 0.5) is 4.39 Å². The molecule has 1 unspecified atom stereocenters. The van der Waals surface area contributed by atoms with Crippen LogP contribution in [0.5, 0.6) is 0 Å². The maximum Gasteiger partial charge on any atom is 0.141 e. The average molecular weight is 258 g/mol. The van der Waals surface area contributed by atoms with Crippen LogP contribution in [0, 0.1) is 11.7 Å². The summed E-state index contributed by atoms with van der Waals surface area (Å²) < 4.78 is 13.0. The second-order valence-electron chi connectivity index (χ2n) is 4.60. The van der Waals surface area contributed by atoms with Gasteiger partial charge in [0.1, 0.15) is 5.82 Å². The Morgan fingerprint density at radius 2 is 2.12 bits per heavy atom. The second-order valence-corrected chi connectivity index (χ2v) is 5.00. The monoisotopic (exact) mass is 257 g/mol. The Balaban J connectivity index is 2.34. The van der Waals surface area contributed by atoms with Gasteiger partial charge in [-0.05, 0) is 56.0 Å². The van der Waals surface area contributed by atoms with Gasteiger partial charge in [-0.15, -0.1) is 0 Å². The lowest BCUT2D eigenvalue weighted by molar-refractivity contribution is 0.498. The Labute approximate surface area is 108 Å². The lowest BCUT2D eigenvalue weighted by Gasteiger charge is -2.12. The molecule has 0 amide bonds. The van der Waals surface area contributed by atoms with Gasteiger partial charge >= 0.3 is 0 Å². The molecule has 0 saturated heterocycles. The molecule has 17 heavy (non-hydrogen) atoms. The average Bonchev–Trinajstić information content (AvgIpc) is 2.30. The molecule has 1 nitrogen and oxygen atoms in total. The van der Waals surface area contributed by atoms with Crippen LogP contribution in [0.1, 0.15) is 32.3 Å². The van der Waals surface area contributed by atoms with Gasteiger partial charge in [0.25, 0.3) is 0 Å². The van der Waals surface area contributed by atoms with E-state index in [1.807, 2.05) is 6.07 Å². The maximum atomic E-state index is 13.0. The first-order chi connectivity index (χ1) is 8.13. The van der Waals surface area contributed by atoms with Gasteiger partial charge in [-0.2, -0.15) is 0 Å². The Morgan fingerprint density at radius 1 is 1.35 bits per heavy atom. The summed E-state index contributed by atoms with van der Waals surface area (Å²) in [4.78, 5) is 0. The van der Waals surface area contributed by atoms with E-state index in [0.29, 0.717) is 5.92 Å². The Kier molecular flexibility index (Phi) is 6.53. The van der Waals surface area contributed by atoms with E-state index in [4.69, 9.17) is 11.6 Å². The van der Waals surface area contributed by atoms with Crippen LogP contribution in [0.25, 0.3) is 0 Å². The maximum absolute atomic E-state index is 13.0. The van der Waals surface area contributed by atoms with Crippen LogP contribution in [-0.4, -0.2) is 13.1 Å². The minimum absolute atomic E-state index is 0.221. The SMILES string of the molecule is CCCNCCC(C)Cc1ccc(F)c(Cl)c1. The van der Waals surface area contributed by atoms with E-state index in [2.05, 4.69) is 19.2 Å². The number of rotatable bonds is 7. The van der Waals surface area contributed by atoms with Gasteiger partial charge < -0.3 is 5.32 Å². The summed E-state index contributed by atoms with van der Waals surface area (Å²) in [6, 6.07) is 4.99. The third-order valence-corrected chi connectivity index (χ3v) is 3.10. The van der Waals surface area contributed by atoms with Crippen molar-refractivity contribution in [1.29, 1.82) is 0 Å². The molecule has 0 aliphatic heterocycles. The van der Waals surface area contributed by atoms with Gasteiger partial charge in [0.15, 0.2) is 0 Å². The Bertz CT molecular complexity index is 341. The van der Waals surface area contributed by atoms with Crippen LogP contribution in [0.15, 0.2) is 18.2 Å². The molecule has 0 fully saturated rings. The van der Waals surface area contributed by atoms with Gasteiger partial charge in [-0.25, -0.2) is 4.39 Å². The van der Waals surface area contributed by atoms with Crippen molar-refractivity contribution in [2.45, 2.75) is 33.1 Å². The molecule has 0 aromatic heterocycles. The molecule has 0 radical (unpaired) electrons. The van der Waals surface area contributed by atoms with Crippen LogP contribution >= 0.6 is 11.6 Å². The summed E-state index contributed by atoms with van der Waals surface area (Å²) in [6.45, 7) is 6.50. The molecule has 0 aliphatic rings. The molecule has 0 heterocycles. The van der Waals surface area contributed by atoms with Crippen molar-refractivity contribution in [3.8, 4) is 0 Å². The standard InChI is InChI=1S/C14H21ClFN/c1-3-7-17-8-6-11(2)9-12-4-5-14(16)13(15)10-12/h4-5,10-11,17H,3,6-9H2,1-2H3. The van der Waals surface area contributed by atoms with Crippen LogP contribution in [0.3, 0.4) is 0 Å². The van der Waals surface area contributed by atoms with E-state index in [9.17, 15) is 4.39 Å². The van der Waals surface area contributed by atoms with Gasteiger partial charge in [-0.1, -0.05) is 31.5 Å². The summed E-state index contributed by atoms with van der Waals surface area (Å²) in [5.41, 5.74) is 1.11. The summed E-state index contributed by atoms with van der Waals surface area (Å²) in [7, 11) is 0. The molecule has 1 rings (SSSR count). The third-order valence-electron chi connectivity index (χ3n) is 2.81. The van der Waals surface area contributed by atoms with Crippen molar-refractivity contribution in [3.63, 3.8) is 0 Å². The van der Waals surface area contributed by atoms with E-state index >= 15 is 0 Å². The van der Waals surface area contributed by atoms with E-state index in [0.717, 1.165) is 31.5 Å². The number of hydrogen-bond acceptors (Lipinski definition) is 1. The fourth-order valence-electron chi connectivity index (χ4n) is 1.82. The molecule has 96 valence electrons. The van der Waals surface area contributed by atoms with Crippen molar-refractivity contribution in [2.24, 2.45) is 5.92 Å². The Hall–Kier alpha value is -0.600. The van der Waals surface area contributed by atoms with Gasteiger partial charge in [0.05, 0.1) is 5.02 Å². The molecule has 0 bridgehead atoms. The van der Waals surface area contributed by atoms with Crippen molar-refractivity contribution in [2.75, 3.05) is 13.1 Å². The van der Waals surface area contributed by atoms with Crippen LogP contribution < -0.4 is 5.32 Å². The largest absolute Gasteiger partial charge is 0.317 e. The van der Waals surface area contributed by atoms with Crippen LogP contribution in [0.2, 0.25) is 5.02 Å². The molecule has 1 N–H and O–H groups in total. The predicted molar refractivity (Wildman–Crippen MR) is 72.1 cm³/mol. The van der Waals surface area contributed by atoms with E-state index in [1.54, 1.807) is 6.07 Å². The van der Waals surface area contributed by atoms with Gasteiger partial charge in [0.2, 0.25) is 0 Å². The highest BCUT2D eigenvalue weighted by molar-refractivity contribution is 6.30. The molecular formula is C14H21ClFN. The highest BCUT2D eigenvalue weighted by Crippen LogP contribution is 2.19. The lowest BCUT2D eigenvalue weighted by Crippen LogP contribution is -2.18. The molecule has 1 aromatic rings. The molecule has 1 atom stereocenters. The molecule has 0 saturated carbocycles. The zero-order chi connectivity index (χ0) is 12.7. The first-order valence-electron chi connectivity index (χ1n) is 6.28. The number of halogens is 2. The zero-order valence-electron chi connectivity index (χ0n) is 10.6. The fourth-order valence-corrected chi connectivity index (χ4v) is 2.02. The first kappa shape index (κ1) is 14.5.